The van der Waals surface area contributed by atoms with Gasteiger partial charge in [0.15, 0.2) is 11.5 Å². The second kappa shape index (κ2) is 7.53. The molecular formula is C19H17FN4O. The van der Waals surface area contributed by atoms with Gasteiger partial charge in [0.05, 0.1) is 0 Å². The first-order chi connectivity index (χ1) is 12.2. The van der Waals surface area contributed by atoms with Gasteiger partial charge in [0.2, 0.25) is 0 Å². The van der Waals surface area contributed by atoms with Crippen LogP contribution < -0.4 is 10.6 Å². The Morgan fingerprint density at radius 3 is 2.60 bits per heavy atom. The number of amides is 1. The number of rotatable bonds is 5. The maximum Gasteiger partial charge on any atom is 0.276 e. The van der Waals surface area contributed by atoms with Crippen molar-refractivity contribution in [3.63, 3.8) is 0 Å². The summed E-state index contributed by atoms with van der Waals surface area (Å²) in [6, 6.07) is 16.8. The van der Waals surface area contributed by atoms with Gasteiger partial charge in [-0.05, 0) is 48.4 Å². The SMILES string of the molecule is CCc1ccccc1Nc1ccc(C(=O)Nc2cccc(F)c2)nn1. The van der Waals surface area contributed by atoms with Gasteiger partial charge in [-0.3, -0.25) is 4.79 Å². The van der Waals surface area contributed by atoms with Crippen molar-refractivity contribution in [2.45, 2.75) is 13.3 Å². The number of hydrogen-bond acceptors (Lipinski definition) is 4. The smallest absolute Gasteiger partial charge is 0.276 e. The summed E-state index contributed by atoms with van der Waals surface area (Å²) in [5, 5.41) is 13.7. The van der Waals surface area contributed by atoms with Crippen molar-refractivity contribution < 1.29 is 9.18 Å². The number of hydrogen-bond donors (Lipinski definition) is 2. The second-order valence-electron chi connectivity index (χ2n) is 5.40. The Balaban J connectivity index is 1.70. The average molecular weight is 336 g/mol. The molecule has 0 bridgehead atoms. The summed E-state index contributed by atoms with van der Waals surface area (Å²) in [5.74, 6) is -0.320. The molecule has 0 unspecified atom stereocenters. The van der Waals surface area contributed by atoms with E-state index in [4.69, 9.17) is 0 Å². The lowest BCUT2D eigenvalue weighted by Gasteiger charge is -2.10. The second-order valence-corrected chi connectivity index (χ2v) is 5.40. The van der Waals surface area contributed by atoms with Crippen molar-refractivity contribution in [3.8, 4) is 0 Å². The highest BCUT2D eigenvalue weighted by molar-refractivity contribution is 6.02. The summed E-state index contributed by atoms with van der Waals surface area (Å²) in [6.07, 6.45) is 0.894. The van der Waals surface area contributed by atoms with Gasteiger partial charge < -0.3 is 10.6 Å². The molecule has 0 saturated heterocycles. The van der Waals surface area contributed by atoms with Crippen molar-refractivity contribution in [1.29, 1.82) is 0 Å². The number of nitrogens with one attached hydrogen (secondary N) is 2. The highest BCUT2D eigenvalue weighted by atomic mass is 19.1. The first-order valence-electron chi connectivity index (χ1n) is 7.91. The summed E-state index contributed by atoms with van der Waals surface area (Å²) in [5.41, 5.74) is 2.64. The van der Waals surface area contributed by atoms with E-state index in [1.54, 1.807) is 18.2 Å². The van der Waals surface area contributed by atoms with Crippen LogP contribution in [0, 0.1) is 5.82 Å². The molecule has 126 valence electrons. The van der Waals surface area contributed by atoms with E-state index in [1.165, 1.54) is 18.2 Å². The van der Waals surface area contributed by atoms with E-state index in [9.17, 15) is 9.18 Å². The maximum atomic E-state index is 13.2. The van der Waals surface area contributed by atoms with Gasteiger partial charge >= 0.3 is 0 Å². The summed E-state index contributed by atoms with van der Waals surface area (Å²) < 4.78 is 13.2. The molecule has 0 aliphatic heterocycles. The molecule has 2 N–H and O–H groups in total. The van der Waals surface area contributed by atoms with Gasteiger partial charge in [0, 0.05) is 11.4 Å². The van der Waals surface area contributed by atoms with Crippen LogP contribution in [0.4, 0.5) is 21.6 Å². The fourth-order valence-electron chi connectivity index (χ4n) is 2.37. The fraction of sp³-hybridized carbons (Fsp3) is 0.105. The highest BCUT2D eigenvalue weighted by Gasteiger charge is 2.09. The Kier molecular flexibility index (Phi) is 4.99. The molecule has 6 heteroatoms. The number of anilines is 3. The molecule has 5 nitrogen and oxygen atoms in total. The molecule has 0 spiro atoms. The summed E-state index contributed by atoms with van der Waals surface area (Å²) in [7, 11) is 0. The summed E-state index contributed by atoms with van der Waals surface area (Å²) in [6.45, 7) is 2.08. The number of carbonyl (C=O) groups is 1. The summed E-state index contributed by atoms with van der Waals surface area (Å²) >= 11 is 0. The molecule has 1 aromatic heterocycles. The van der Waals surface area contributed by atoms with Gasteiger partial charge in [-0.25, -0.2) is 4.39 Å². The molecule has 3 rings (SSSR count). The largest absolute Gasteiger partial charge is 0.339 e. The number of aryl methyl sites for hydroxylation is 1. The van der Waals surface area contributed by atoms with Crippen LogP contribution >= 0.6 is 0 Å². The third-order valence-corrected chi connectivity index (χ3v) is 3.64. The van der Waals surface area contributed by atoms with Crippen molar-refractivity contribution in [2.75, 3.05) is 10.6 Å². The number of halogens is 1. The third-order valence-electron chi connectivity index (χ3n) is 3.64. The Hall–Kier alpha value is -3.28. The quantitative estimate of drug-likeness (QED) is 0.734. The first-order valence-corrected chi connectivity index (χ1v) is 7.91. The van der Waals surface area contributed by atoms with Crippen molar-refractivity contribution >= 4 is 23.1 Å². The van der Waals surface area contributed by atoms with Crippen LogP contribution in [-0.2, 0) is 6.42 Å². The molecule has 25 heavy (non-hydrogen) atoms. The minimum atomic E-state index is -0.446. The van der Waals surface area contributed by atoms with E-state index < -0.39 is 11.7 Å². The Morgan fingerprint density at radius 2 is 1.88 bits per heavy atom. The Morgan fingerprint density at radius 1 is 1.04 bits per heavy atom. The molecule has 0 radical (unpaired) electrons. The monoisotopic (exact) mass is 336 g/mol. The zero-order valence-electron chi connectivity index (χ0n) is 13.7. The normalized spacial score (nSPS) is 10.3. The van der Waals surface area contributed by atoms with E-state index in [0.29, 0.717) is 11.5 Å². The predicted molar refractivity (Wildman–Crippen MR) is 95.5 cm³/mol. The molecule has 3 aromatic rings. The van der Waals surface area contributed by atoms with Gasteiger partial charge in [-0.1, -0.05) is 31.2 Å². The maximum absolute atomic E-state index is 13.2. The standard InChI is InChI=1S/C19H17FN4O/c1-2-13-6-3-4-9-16(13)22-18-11-10-17(23-24-18)19(25)21-15-8-5-7-14(20)12-15/h3-12H,2H2,1H3,(H,21,25)(H,22,24). The van der Waals surface area contributed by atoms with E-state index in [0.717, 1.165) is 17.7 Å². The Bertz CT molecular complexity index is 881. The van der Waals surface area contributed by atoms with Gasteiger partial charge in [-0.2, -0.15) is 0 Å². The van der Waals surface area contributed by atoms with Gasteiger partial charge in [0.1, 0.15) is 5.82 Å². The lowest BCUT2D eigenvalue weighted by Crippen LogP contribution is -2.14. The van der Waals surface area contributed by atoms with E-state index in [2.05, 4.69) is 27.8 Å². The highest BCUT2D eigenvalue weighted by Crippen LogP contribution is 2.19. The zero-order valence-corrected chi connectivity index (χ0v) is 13.7. The number of aromatic nitrogens is 2. The van der Waals surface area contributed by atoms with Gasteiger partial charge in [0.25, 0.3) is 5.91 Å². The molecule has 1 heterocycles. The van der Waals surface area contributed by atoms with Crippen LogP contribution in [0.15, 0.2) is 60.7 Å². The molecule has 0 fully saturated rings. The fourth-order valence-corrected chi connectivity index (χ4v) is 2.37. The average Bonchev–Trinajstić information content (AvgIpc) is 2.63. The number of nitrogens with zero attached hydrogens (tertiary/aromatic N) is 2. The molecule has 0 atom stereocenters. The number of benzene rings is 2. The first kappa shape index (κ1) is 16.6. The van der Waals surface area contributed by atoms with E-state index in [-0.39, 0.29) is 5.69 Å². The van der Waals surface area contributed by atoms with Crippen molar-refractivity contribution in [2.24, 2.45) is 0 Å². The van der Waals surface area contributed by atoms with Crippen LogP contribution in [0.2, 0.25) is 0 Å². The number of para-hydroxylation sites is 1. The van der Waals surface area contributed by atoms with Crippen molar-refractivity contribution in [3.05, 3.63) is 77.7 Å². The predicted octanol–water partition coefficient (Wildman–Crippen LogP) is 4.17. The van der Waals surface area contributed by atoms with Gasteiger partial charge in [-0.15, -0.1) is 10.2 Å². The molecule has 0 aliphatic carbocycles. The van der Waals surface area contributed by atoms with Crippen LogP contribution in [-0.4, -0.2) is 16.1 Å². The minimum Gasteiger partial charge on any atom is -0.339 e. The molecular weight excluding hydrogens is 319 g/mol. The Labute approximate surface area is 144 Å². The topological polar surface area (TPSA) is 66.9 Å². The zero-order chi connectivity index (χ0) is 17.6. The number of carbonyl (C=O) groups excluding carboxylic acids is 1. The lowest BCUT2D eigenvalue weighted by molar-refractivity contribution is 0.102. The summed E-state index contributed by atoms with van der Waals surface area (Å²) in [4.78, 5) is 12.1. The third kappa shape index (κ3) is 4.17. The van der Waals surface area contributed by atoms with Crippen LogP contribution in [0.1, 0.15) is 23.0 Å². The van der Waals surface area contributed by atoms with E-state index in [1.807, 2.05) is 24.3 Å². The molecule has 0 saturated carbocycles. The van der Waals surface area contributed by atoms with E-state index >= 15 is 0 Å². The lowest BCUT2D eigenvalue weighted by atomic mass is 10.1. The molecule has 2 aromatic carbocycles. The molecule has 1 amide bonds. The van der Waals surface area contributed by atoms with Crippen LogP contribution in [0.25, 0.3) is 0 Å². The van der Waals surface area contributed by atoms with Crippen LogP contribution in [0.3, 0.4) is 0 Å². The minimum absolute atomic E-state index is 0.151. The van der Waals surface area contributed by atoms with Crippen molar-refractivity contribution in [1.82, 2.24) is 10.2 Å². The van der Waals surface area contributed by atoms with Crippen LogP contribution in [0.5, 0.6) is 0 Å². The molecule has 0 aliphatic rings.